The van der Waals surface area contributed by atoms with E-state index in [1.54, 1.807) is 30.3 Å². The number of halogens is 1. The van der Waals surface area contributed by atoms with Crippen molar-refractivity contribution in [3.63, 3.8) is 0 Å². The molecule has 0 aliphatic carbocycles. The normalized spacial score (nSPS) is 10.7. The van der Waals surface area contributed by atoms with Gasteiger partial charge in [-0.3, -0.25) is 4.79 Å². The van der Waals surface area contributed by atoms with Crippen molar-refractivity contribution in [3.8, 4) is 5.75 Å². The topological polar surface area (TPSA) is 37.3 Å². The molecule has 0 radical (unpaired) electrons. The summed E-state index contributed by atoms with van der Waals surface area (Å²) < 4.78 is 13.3. The summed E-state index contributed by atoms with van der Waals surface area (Å²) in [6.07, 6.45) is 2.64. The van der Waals surface area contributed by atoms with E-state index in [-0.39, 0.29) is 22.9 Å². The van der Waals surface area contributed by atoms with Crippen molar-refractivity contribution < 1.29 is 14.3 Å². The number of benzene rings is 2. The molecule has 0 heterocycles. The quantitative estimate of drug-likeness (QED) is 0.661. The van der Waals surface area contributed by atoms with E-state index in [2.05, 4.69) is 0 Å². The van der Waals surface area contributed by atoms with Gasteiger partial charge in [0.1, 0.15) is 11.6 Å². The fraction of sp³-hybridized carbons (Fsp3) is 0. The number of ketones is 1. The summed E-state index contributed by atoms with van der Waals surface area (Å²) in [5, 5.41) is 9.50. The third-order valence-corrected chi connectivity index (χ3v) is 2.49. The predicted octanol–water partition coefficient (Wildman–Crippen LogP) is 3.43. The molecule has 0 amide bonds. The van der Waals surface area contributed by atoms with Crippen LogP contribution < -0.4 is 0 Å². The lowest BCUT2D eigenvalue weighted by atomic mass is 10.1. The molecule has 2 nitrogen and oxygen atoms in total. The highest BCUT2D eigenvalue weighted by molar-refractivity contribution is 6.08. The summed E-state index contributed by atoms with van der Waals surface area (Å²) in [6, 6.07) is 12.4. The van der Waals surface area contributed by atoms with Gasteiger partial charge in [-0.15, -0.1) is 0 Å². The third kappa shape index (κ3) is 2.63. The molecule has 2 aromatic carbocycles. The molecule has 90 valence electrons. The lowest BCUT2D eigenvalue weighted by molar-refractivity contribution is 0.104. The molecule has 2 aromatic rings. The number of phenolic OH excluding ortho intramolecular Hbond substituents is 1. The number of carbonyl (C=O) groups excluding carboxylic acids is 1. The van der Waals surface area contributed by atoms with Crippen molar-refractivity contribution in [2.75, 3.05) is 0 Å². The minimum atomic E-state index is -0.390. The van der Waals surface area contributed by atoms with Crippen LogP contribution >= 0.6 is 0 Å². The van der Waals surface area contributed by atoms with Crippen molar-refractivity contribution in [1.29, 1.82) is 0 Å². The lowest BCUT2D eigenvalue weighted by Gasteiger charge is -1.99. The van der Waals surface area contributed by atoms with Gasteiger partial charge >= 0.3 is 0 Å². The number of rotatable bonds is 3. The highest BCUT2D eigenvalue weighted by atomic mass is 19.1. The monoisotopic (exact) mass is 242 g/mol. The van der Waals surface area contributed by atoms with Crippen LogP contribution in [0.4, 0.5) is 4.39 Å². The maximum atomic E-state index is 13.3. The minimum Gasteiger partial charge on any atom is -0.507 e. The summed E-state index contributed by atoms with van der Waals surface area (Å²) in [5.74, 6) is -0.837. The maximum absolute atomic E-state index is 13.3. The van der Waals surface area contributed by atoms with E-state index in [9.17, 15) is 14.3 Å². The third-order valence-electron chi connectivity index (χ3n) is 2.49. The van der Waals surface area contributed by atoms with Gasteiger partial charge in [-0.1, -0.05) is 30.3 Å². The van der Waals surface area contributed by atoms with Gasteiger partial charge in [-0.05, 0) is 30.4 Å². The van der Waals surface area contributed by atoms with E-state index in [1.165, 1.54) is 30.4 Å². The standard InChI is InChI=1S/C15H11FO2/c16-13-7-3-1-5-11(13)9-10-15(18)12-6-2-4-8-14(12)17/h1-10,17H. The van der Waals surface area contributed by atoms with Gasteiger partial charge in [-0.25, -0.2) is 4.39 Å². The molecular formula is C15H11FO2. The smallest absolute Gasteiger partial charge is 0.189 e. The van der Waals surface area contributed by atoms with E-state index in [0.29, 0.717) is 5.56 Å². The van der Waals surface area contributed by atoms with Gasteiger partial charge in [0.15, 0.2) is 5.78 Å². The van der Waals surface area contributed by atoms with E-state index < -0.39 is 0 Å². The second-order valence-electron chi connectivity index (χ2n) is 3.74. The Morgan fingerprint density at radius 3 is 2.44 bits per heavy atom. The van der Waals surface area contributed by atoms with E-state index in [4.69, 9.17) is 0 Å². The van der Waals surface area contributed by atoms with E-state index in [0.717, 1.165) is 0 Å². The van der Waals surface area contributed by atoms with Crippen LogP contribution in [0.5, 0.6) is 5.75 Å². The Balaban J connectivity index is 2.23. The van der Waals surface area contributed by atoms with Gasteiger partial charge in [0, 0.05) is 5.56 Å². The van der Waals surface area contributed by atoms with Crippen molar-refractivity contribution in [2.45, 2.75) is 0 Å². The largest absolute Gasteiger partial charge is 0.507 e. The first-order valence-electron chi connectivity index (χ1n) is 5.43. The Bertz CT molecular complexity index is 603. The summed E-state index contributed by atoms with van der Waals surface area (Å²) in [7, 11) is 0. The number of aromatic hydroxyl groups is 1. The Kier molecular flexibility index (Phi) is 3.53. The molecule has 3 heteroatoms. The number of carbonyl (C=O) groups is 1. The Morgan fingerprint density at radius 2 is 1.72 bits per heavy atom. The fourth-order valence-corrected chi connectivity index (χ4v) is 1.55. The van der Waals surface area contributed by atoms with Crippen LogP contribution in [-0.2, 0) is 0 Å². The van der Waals surface area contributed by atoms with Crippen LogP contribution in [0.1, 0.15) is 15.9 Å². The van der Waals surface area contributed by atoms with E-state index >= 15 is 0 Å². The number of para-hydroxylation sites is 1. The molecule has 0 saturated heterocycles. The van der Waals surface area contributed by atoms with Gasteiger partial charge in [0.25, 0.3) is 0 Å². The highest BCUT2D eigenvalue weighted by Gasteiger charge is 2.06. The average molecular weight is 242 g/mol. The van der Waals surface area contributed by atoms with E-state index in [1.807, 2.05) is 0 Å². The molecule has 0 fully saturated rings. The second-order valence-corrected chi connectivity index (χ2v) is 3.74. The van der Waals surface area contributed by atoms with Gasteiger partial charge in [-0.2, -0.15) is 0 Å². The summed E-state index contributed by atoms with van der Waals surface area (Å²) in [6.45, 7) is 0. The van der Waals surface area contributed by atoms with Crippen LogP contribution in [0.2, 0.25) is 0 Å². The Morgan fingerprint density at radius 1 is 1.06 bits per heavy atom. The van der Waals surface area contributed by atoms with Crippen molar-refractivity contribution in [1.82, 2.24) is 0 Å². The summed E-state index contributed by atoms with van der Waals surface area (Å²) in [4.78, 5) is 11.8. The van der Waals surface area contributed by atoms with Crippen LogP contribution in [0.3, 0.4) is 0 Å². The first kappa shape index (κ1) is 12.0. The molecule has 1 N–H and O–H groups in total. The van der Waals surface area contributed by atoms with Crippen LogP contribution in [0.15, 0.2) is 54.6 Å². The molecule has 18 heavy (non-hydrogen) atoms. The predicted molar refractivity (Wildman–Crippen MR) is 67.9 cm³/mol. The first-order chi connectivity index (χ1) is 8.68. The molecule has 0 bridgehead atoms. The maximum Gasteiger partial charge on any atom is 0.189 e. The molecule has 0 unspecified atom stereocenters. The zero-order chi connectivity index (χ0) is 13.0. The fourth-order valence-electron chi connectivity index (χ4n) is 1.55. The Hall–Kier alpha value is -2.42. The molecule has 0 aliphatic heterocycles. The SMILES string of the molecule is O=C(C=Cc1ccccc1F)c1ccccc1O. The lowest BCUT2D eigenvalue weighted by Crippen LogP contribution is -1.94. The van der Waals surface area contributed by atoms with Crippen LogP contribution in [0.25, 0.3) is 6.08 Å². The number of allylic oxidation sites excluding steroid dienone is 1. The molecule has 0 atom stereocenters. The summed E-state index contributed by atoms with van der Waals surface area (Å²) in [5.41, 5.74) is 0.534. The van der Waals surface area contributed by atoms with Gasteiger partial charge in [0.2, 0.25) is 0 Å². The highest BCUT2D eigenvalue weighted by Crippen LogP contribution is 2.17. The minimum absolute atomic E-state index is 0.0827. The molecule has 2 rings (SSSR count). The van der Waals surface area contributed by atoms with Crippen LogP contribution in [-0.4, -0.2) is 10.9 Å². The number of phenols is 1. The van der Waals surface area contributed by atoms with Crippen molar-refractivity contribution >= 4 is 11.9 Å². The van der Waals surface area contributed by atoms with Crippen LogP contribution in [0, 0.1) is 5.82 Å². The molecule has 0 spiro atoms. The second kappa shape index (κ2) is 5.27. The average Bonchev–Trinajstić information content (AvgIpc) is 2.38. The molecular weight excluding hydrogens is 231 g/mol. The first-order valence-corrected chi connectivity index (χ1v) is 5.43. The van der Waals surface area contributed by atoms with Gasteiger partial charge < -0.3 is 5.11 Å². The number of hydrogen-bond acceptors (Lipinski definition) is 2. The summed E-state index contributed by atoms with van der Waals surface area (Å²) >= 11 is 0. The zero-order valence-electron chi connectivity index (χ0n) is 9.51. The molecule has 0 saturated carbocycles. The Labute approximate surface area is 104 Å². The molecule has 0 aromatic heterocycles. The zero-order valence-corrected chi connectivity index (χ0v) is 9.51. The number of hydrogen-bond donors (Lipinski definition) is 1. The van der Waals surface area contributed by atoms with Crippen molar-refractivity contribution in [3.05, 3.63) is 71.6 Å². The van der Waals surface area contributed by atoms with Gasteiger partial charge in [0.05, 0.1) is 5.56 Å². The molecule has 0 aliphatic rings. The van der Waals surface area contributed by atoms with Crippen molar-refractivity contribution in [2.24, 2.45) is 0 Å².